The number of hydrogen-bond acceptors (Lipinski definition) is 4. The molecule has 21 heavy (non-hydrogen) atoms. The fourth-order valence-corrected chi connectivity index (χ4v) is 2.27. The molecule has 3 rings (SSSR count). The van der Waals surface area contributed by atoms with Crippen molar-refractivity contribution in [1.82, 2.24) is 20.2 Å². The van der Waals surface area contributed by atoms with Gasteiger partial charge in [-0.3, -0.25) is 0 Å². The normalized spacial score (nSPS) is 10.8. The zero-order chi connectivity index (χ0) is 15.0. The van der Waals surface area contributed by atoms with Crippen LogP contribution in [0.15, 0.2) is 36.4 Å². The van der Waals surface area contributed by atoms with E-state index in [0.29, 0.717) is 22.8 Å². The molecule has 2 N–H and O–H groups in total. The van der Waals surface area contributed by atoms with Gasteiger partial charge < -0.3 is 5.73 Å². The fourth-order valence-electron chi connectivity index (χ4n) is 2.05. The number of rotatable bonds is 2. The fraction of sp³-hybridized carbons (Fsp3) is 0.0714. The number of nitrogen functional groups attached to an aromatic ring is 1. The summed E-state index contributed by atoms with van der Waals surface area (Å²) >= 11 is 5.88. The van der Waals surface area contributed by atoms with Crippen LogP contribution in [0.2, 0.25) is 5.02 Å². The van der Waals surface area contributed by atoms with Gasteiger partial charge >= 0.3 is 0 Å². The largest absolute Gasteiger partial charge is 0.398 e. The summed E-state index contributed by atoms with van der Waals surface area (Å²) in [6.07, 6.45) is 0. The van der Waals surface area contributed by atoms with Crippen LogP contribution in [0.1, 0.15) is 5.56 Å². The standard InChI is InChI=1S/C14H11ClFN5/c1-8-2-3-13(17)12(4-8)14-18-19-20-21(14)11-6-9(15)5-10(16)7-11/h2-7H,17H2,1H3. The molecule has 2 aromatic carbocycles. The molecule has 0 amide bonds. The number of nitrogens with two attached hydrogens (primary N) is 1. The van der Waals surface area contributed by atoms with Crippen molar-refractivity contribution in [2.45, 2.75) is 6.92 Å². The molecule has 5 nitrogen and oxygen atoms in total. The summed E-state index contributed by atoms with van der Waals surface area (Å²) in [6.45, 7) is 1.94. The van der Waals surface area contributed by atoms with Crippen LogP contribution >= 0.6 is 11.6 Å². The smallest absolute Gasteiger partial charge is 0.189 e. The van der Waals surface area contributed by atoms with E-state index in [2.05, 4.69) is 15.5 Å². The highest BCUT2D eigenvalue weighted by atomic mass is 35.5. The Bertz CT molecular complexity index is 795. The minimum Gasteiger partial charge on any atom is -0.398 e. The van der Waals surface area contributed by atoms with Gasteiger partial charge in [0.2, 0.25) is 0 Å². The molecule has 0 saturated heterocycles. The minimum absolute atomic E-state index is 0.267. The third kappa shape index (κ3) is 2.57. The van der Waals surface area contributed by atoms with Crippen molar-refractivity contribution < 1.29 is 4.39 Å². The van der Waals surface area contributed by atoms with Gasteiger partial charge in [-0.05, 0) is 47.7 Å². The maximum atomic E-state index is 13.5. The number of hydrogen-bond donors (Lipinski definition) is 1. The lowest BCUT2D eigenvalue weighted by Crippen LogP contribution is -2.02. The van der Waals surface area contributed by atoms with E-state index in [1.165, 1.54) is 16.8 Å². The summed E-state index contributed by atoms with van der Waals surface area (Å²) < 4.78 is 14.9. The van der Waals surface area contributed by atoms with Gasteiger partial charge in [-0.2, -0.15) is 4.68 Å². The van der Waals surface area contributed by atoms with Crippen LogP contribution in [0.5, 0.6) is 0 Å². The molecule has 0 aliphatic heterocycles. The van der Waals surface area contributed by atoms with E-state index in [1.807, 2.05) is 19.1 Å². The van der Waals surface area contributed by atoms with Gasteiger partial charge in [-0.25, -0.2) is 4.39 Å². The molecule has 0 radical (unpaired) electrons. The van der Waals surface area contributed by atoms with E-state index in [9.17, 15) is 4.39 Å². The number of aromatic nitrogens is 4. The molecule has 0 atom stereocenters. The number of nitrogens with zero attached hydrogens (tertiary/aromatic N) is 4. The average molecular weight is 304 g/mol. The quantitative estimate of drug-likeness (QED) is 0.739. The Morgan fingerprint density at radius 2 is 2.00 bits per heavy atom. The summed E-state index contributed by atoms with van der Waals surface area (Å²) in [5, 5.41) is 11.8. The second kappa shape index (κ2) is 5.14. The van der Waals surface area contributed by atoms with Gasteiger partial charge in [-0.15, -0.1) is 5.10 Å². The Kier molecular flexibility index (Phi) is 3.31. The topological polar surface area (TPSA) is 69.6 Å². The zero-order valence-electron chi connectivity index (χ0n) is 11.1. The van der Waals surface area contributed by atoms with E-state index >= 15 is 0 Å². The molecule has 106 valence electrons. The van der Waals surface area contributed by atoms with Gasteiger partial charge in [0, 0.05) is 16.3 Å². The number of benzene rings is 2. The highest BCUT2D eigenvalue weighted by Crippen LogP contribution is 2.27. The van der Waals surface area contributed by atoms with Crippen molar-refractivity contribution in [3.05, 3.63) is 52.8 Å². The van der Waals surface area contributed by atoms with Crippen LogP contribution < -0.4 is 5.73 Å². The summed E-state index contributed by atoms with van der Waals surface area (Å²) in [4.78, 5) is 0. The molecule has 0 aliphatic carbocycles. The molecule has 1 aromatic heterocycles. The number of halogens is 2. The lowest BCUT2D eigenvalue weighted by atomic mass is 10.1. The van der Waals surface area contributed by atoms with Gasteiger partial charge in [0.1, 0.15) is 5.82 Å². The van der Waals surface area contributed by atoms with Crippen molar-refractivity contribution in [3.8, 4) is 17.1 Å². The third-order valence-corrected chi connectivity index (χ3v) is 3.23. The maximum Gasteiger partial charge on any atom is 0.189 e. The Hall–Kier alpha value is -2.47. The molecule has 0 aliphatic rings. The maximum absolute atomic E-state index is 13.5. The van der Waals surface area contributed by atoms with Crippen molar-refractivity contribution in [1.29, 1.82) is 0 Å². The van der Waals surface area contributed by atoms with Crippen LogP contribution in [0.25, 0.3) is 17.1 Å². The average Bonchev–Trinajstić information content (AvgIpc) is 2.89. The summed E-state index contributed by atoms with van der Waals surface area (Å²) in [5.74, 6) is -0.0333. The summed E-state index contributed by atoms with van der Waals surface area (Å²) in [6, 6.07) is 9.65. The van der Waals surface area contributed by atoms with Gasteiger partial charge in [-0.1, -0.05) is 23.2 Å². The number of aryl methyl sites for hydroxylation is 1. The van der Waals surface area contributed by atoms with E-state index in [4.69, 9.17) is 17.3 Å². The second-order valence-electron chi connectivity index (χ2n) is 4.63. The highest BCUT2D eigenvalue weighted by molar-refractivity contribution is 6.30. The predicted octanol–water partition coefficient (Wildman–Crippen LogP) is 3.01. The van der Waals surface area contributed by atoms with Gasteiger partial charge in [0.05, 0.1) is 5.69 Å². The monoisotopic (exact) mass is 303 g/mol. The van der Waals surface area contributed by atoms with E-state index in [1.54, 1.807) is 12.1 Å². The minimum atomic E-state index is -0.462. The van der Waals surface area contributed by atoms with Crippen LogP contribution in [0.3, 0.4) is 0 Å². The summed E-state index contributed by atoms with van der Waals surface area (Å²) in [7, 11) is 0. The highest BCUT2D eigenvalue weighted by Gasteiger charge is 2.14. The predicted molar refractivity (Wildman–Crippen MR) is 78.7 cm³/mol. The van der Waals surface area contributed by atoms with Gasteiger partial charge in [0.25, 0.3) is 0 Å². The lowest BCUT2D eigenvalue weighted by Gasteiger charge is -2.08. The zero-order valence-corrected chi connectivity index (χ0v) is 11.8. The molecule has 0 spiro atoms. The number of tetrazole rings is 1. The first-order valence-electron chi connectivity index (χ1n) is 6.16. The molecule has 1 heterocycles. The molecule has 0 saturated carbocycles. The third-order valence-electron chi connectivity index (χ3n) is 3.01. The van der Waals surface area contributed by atoms with Crippen LogP contribution in [-0.4, -0.2) is 20.2 Å². The molecule has 0 bridgehead atoms. The van der Waals surface area contributed by atoms with Gasteiger partial charge in [0.15, 0.2) is 5.82 Å². The molecule has 0 fully saturated rings. The molecule has 0 unspecified atom stereocenters. The molecular weight excluding hydrogens is 293 g/mol. The first kappa shape index (κ1) is 13.5. The Morgan fingerprint density at radius 3 is 2.76 bits per heavy atom. The Balaban J connectivity index is 2.19. The van der Waals surface area contributed by atoms with Crippen molar-refractivity contribution >= 4 is 17.3 Å². The van der Waals surface area contributed by atoms with Crippen LogP contribution in [0.4, 0.5) is 10.1 Å². The van der Waals surface area contributed by atoms with Crippen molar-refractivity contribution in [2.75, 3.05) is 5.73 Å². The van der Waals surface area contributed by atoms with Crippen LogP contribution in [0, 0.1) is 12.7 Å². The van der Waals surface area contributed by atoms with E-state index < -0.39 is 5.82 Å². The SMILES string of the molecule is Cc1ccc(N)c(-c2nnnn2-c2cc(F)cc(Cl)c2)c1. The first-order valence-corrected chi connectivity index (χ1v) is 6.54. The van der Waals surface area contributed by atoms with Crippen molar-refractivity contribution in [2.24, 2.45) is 0 Å². The Morgan fingerprint density at radius 1 is 1.19 bits per heavy atom. The van der Waals surface area contributed by atoms with E-state index in [-0.39, 0.29) is 5.02 Å². The van der Waals surface area contributed by atoms with Crippen LogP contribution in [-0.2, 0) is 0 Å². The van der Waals surface area contributed by atoms with Crippen molar-refractivity contribution in [3.63, 3.8) is 0 Å². The Labute approximate surface area is 125 Å². The second-order valence-corrected chi connectivity index (χ2v) is 5.07. The molecule has 7 heteroatoms. The molecule has 3 aromatic rings. The summed E-state index contributed by atoms with van der Waals surface area (Å²) in [5.41, 5.74) is 8.65. The number of anilines is 1. The molecular formula is C14H11ClFN5. The first-order chi connectivity index (χ1) is 10.0. The van der Waals surface area contributed by atoms with E-state index in [0.717, 1.165) is 5.56 Å². The lowest BCUT2D eigenvalue weighted by molar-refractivity contribution is 0.625.